The lowest BCUT2D eigenvalue weighted by Gasteiger charge is -2.38. The van der Waals surface area contributed by atoms with Crippen LogP contribution in [0.25, 0.3) is 11.3 Å². The quantitative estimate of drug-likeness (QED) is 0.303. The Labute approximate surface area is 292 Å². The summed E-state index contributed by atoms with van der Waals surface area (Å²) in [6.45, 7) is 2.35. The molecule has 8 aliphatic rings. The summed E-state index contributed by atoms with van der Waals surface area (Å²) in [6, 6.07) is 7.34. The highest BCUT2D eigenvalue weighted by Crippen LogP contribution is 2.48. The summed E-state index contributed by atoms with van der Waals surface area (Å²) in [5.41, 5.74) is 12.2. The normalized spacial score (nSPS) is 31.5. The molecule has 2 aliphatic heterocycles. The summed E-state index contributed by atoms with van der Waals surface area (Å²) in [5, 5.41) is 7.67. The fraction of sp³-hybridized carbons (Fsp3) is 0.378. The third kappa shape index (κ3) is 5.83. The first kappa shape index (κ1) is 30.6. The third-order valence-electron chi connectivity index (χ3n) is 11.9. The summed E-state index contributed by atoms with van der Waals surface area (Å²) in [7, 11) is 0. The number of amidine groups is 2. The molecule has 2 heterocycles. The van der Waals surface area contributed by atoms with Crippen molar-refractivity contribution in [1.29, 1.82) is 0 Å². The van der Waals surface area contributed by atoms with Gasteiger partial charge in [0.1, 0.15) is 12.0 Å². The molecule has 1 aromatic rings. The highest BCUT2D eigenvalue weighted by Gasteiger charge is 2.35. The molecule has 0 fully saturated rings. The lowest BCUT2D eigenvalue weighted by Crippen LogP contribution is -2.44. The highest BCUT2D eigenvalue weighted by molar-refractivity contribution is 6.13. The lowest BCUT2D eigenvalue weighted by molar-refractivity contribution is 0.450. The zero-order valence-corrected chi connectivity index (χ0v) is 28.7. The van der Waals surface area contributed by atoms with Crippen molar-refractivity contribution < 1.29 is 0 Å². The molecule has 0 saturated carbocycles. The molecule has 0 amide bonds. The number of hydrogen-bond donors (Lipinski definition) is 2. The van der Waals surface area contributed by atoms with Gasteiger partial charge in [0.05, 0.1) is 6.04 Å². The van der Waals surface area contributed by atoms with E-state index in [4.69, 9.17) is 9.98 Å². The molecule has 2 N–H and O–H groups in total. The van der Waals surface area contributed by atoms with Gasteiger partial charge in [-0.3, -0.25) is 0 Å². The number of benzene rings is 1. The van der Waals surface area contributed by atoms with Crippen molar-refractivity contribution in [2.24, 2.45) is 33.7 Å². The second kappa shape index (κ2) is 13.1. The Morgan fingerprint density at radius 1 is 0.837 bits per heavy atom. The van der Waals surface area contributed by atoms with Crippen LogP contribution in [0.2, 0.25) is 0 Å². The van der Waals surface area contributed by atoms with E-state index >= 15 is 0 Å². The molecule has 9 rings (SSSR count). The lowest BCUT2D eigenvalue weighted by atomic mass is 9.68. The fourth-order valence-corrected chi connectivity index (χ4v) is 9.16. The van der Waals surface area contributed by atoms with Gasteiger partial charge in [-0.25, -0.2) is 9.98 Å². The number of fused-ring (bicyclic) bond motifs is 2. The Morgan fingerprint density at radius 3 is 2.63 bits per heavy atom. The number of rotatable bonds is 6. The molecular weight excluding hydrogens is 597 g/mol. The van der Waals surface area contributed by atoms with Crippen molar-refractivity contribution in [3.05, 3.63) is 142 Å². The van der Waals surface area contributed by atoms with E-state index in [1.54, 1.807) is 5.57 Å². The van der Waals surface area contributed by atoms with Gasteiger partial charge in [0.25, 0.3) is 0 Å². The average molecular weight is 645 g/mol. The van der Waals surface area contributed by atoms with Crippen LogP contribution in [-0.2, 0) is 0 Å². The second-order valence-corrected chi connectivity index (χ2v) is 15.0. The van der Waals surface area contributed by atoms with Crippen LogP contribution in [0.15, 0.2) is 136 Å². The van der Waals surface area contributed by atoms with Crippen molar-refractivity contribution in [3.8, 4) is 0 Å². The van der Waals surface area contributed by atoms with Crippen molar-refractivity contribution >= 4 is 22.9 Å². The van der Waals surface area contributed by atoms with Crippen LogP contribution in [0.3, 0.4) is 0 Å². The standard InChI is InChI=1S/C45H48N4/c1-29-14-8-10-20-34(29)45-48-43(31-17-6-3-7-18-31)47-44(49-45)33-24-25-38(42-28-41(46-42)30-15-4-2-5-16-30)40(27-33)39-26-32-19-9-11-21-35(32)36-22-12-13-23-37(36)39/h2-4,6-7,9,13,15,17,19-20,23-29,31-32,35,41,43,46H,5,8,10-12,14,16,18,21-22H2,1H3,(H,47,48,49). The van der Waals surface area contributed by atoms with Crippen LogP contribution in [0.5, 0.6) is 0 Å². The van der Waals surface area contributed by atoms with E-state index in [1.165, 1.54) is 71.2 Å². The van der Waals surface area contributed by atoms with Gasteiger partial charge in [-0.15, -0.1) is 0 Å². The maximum atomic E-state index is 5.37. The molecular formula is C45H48N4. The molecule has 4 nitrogen and oxygen atoms in total. The molecule has 0 bridgehead atoms. The van der Waals surface area contributed by atoms with Crippen LogP contribution >= 0.6 is 0 Å². The molecule has 248 valence electrons. The fourth-order valence-electron chi connectivity index (χ4n) is 9.16. The summed E-state index contributed by atoms with van der Waals surface area (Å²) in [4.78, 5) is 10.7. The van der Waals surface area contributed by atoms with Gasteiger partial charge >= 0.3 is 0 Å². The zero-order chi connectivity index (χ0) is 32.7. The largest absolute Gasteiger partial charge is 0.375 e. The molecule has 6 atom stereocenters. The van der Waals surface area contributed by atoms with Crippen LogP contribution in [0, 0.1) is 23.7 Å². The monoisotopic (exact) mass is 644 g/mol. The molecule has 6 unspecified atom stereocenters. The van der Waals surface area contributed by atoms with E-state index in [-0.39, 0.29) is 6.17 Å². The van der Waals surface area contributed by atoms with Crippen LogP contribution in [-0.4, -0.2) is 23.9 Å². The highest BCUT2D eigenvalue weighted by atomic mass is 15.2. The van der Waals surface area contributed by atoms with E-state index < -0.39 is 0 Å². The van der Waals surface area contributed by atoms with Crippen molar-refractivity contribution in [3.63, 3.8) is 0 Å². The summed E-state index contributed by atoms with van der Waals surface area (Å²) in [5.74, 6) is 3.74. The minimum absolute atomic E-state index is 0.0472. The Hall–Kier alpha value is -4.44. The van der Waals surface area contributed by atoms with Gasteiger partial charge in [-0.1, -0.05) is 104 Å². The van der Waals surface area contributed by atoms with Crippen LogP contribution < -0.4 is 10.6 Å². The molecule has 1 aromatic carbocycles. The molecule has 49 heavy (non-hydrogen) atoms. The van der Waals surface area contributed by atoms with E-state index in [0.29, 0.717) is 29.7 Å². The summed E-state index contributed by atoms with van der Waals surface area (Å²) in [6.07, 6.45) is 44.3. The van der Waals surface area contributed by atoms with Gasteiger partial charge in [0.2, 0.25) is 0 Å². The molecule has 4 heteroatoms. The van der Waals surface area contributed by atoms with Crippen molar-refractivity contribution in [1.82, 2.24) is 10.6 Å². The molecule has 0 radical (unpaired) electrons. The zero-order valence-electron chi connectivity index (χ0n) is 28.7. The first-order valence-electron chi connectivity index (χ1n) is 18.9. The number of nitrogens with zero attached hydrogens (tertiary/aromatic N) is 2. The van der Waals surface area contributed by atoms with Gasteiger partial charge in [-0.2, -0.15) is 0 Å². The SMILES string of the molecule is CC1CCCC=C1C1=NC(c2ccc(C3=CC(C4=CC=CCC4)N3)c(C3=CC4C=CCCC4C4=C3C=CCC4)c2)=NC(C2C=CC=CC2)N1. The number of allylic oxidation sites excluding steroid dienone is 15. The smallest absolute Gasteiger partial charge is 0.159 e. The first-order valence-corrected chi connectivity index (χ1v) is 18.9. The average Bonchev–Trinajstić information content (AvgIpc) is 3.15. The maximum Gasteiger partial charge on any atom is 0.159 e. The minimum atomic E-state index is -0.0472. The summed E-state index contributed by atoms with van der Waals surface area (Å²) < 4.78 is 0. The number of hydrogen-bond acceptors (Lipinski definition) is 4. The van der Waals surface area contributed by atoms with E-state index in [0.717, 1.165) is 49.3 Å². The van der Waals surface area contributed by atoms with Crippen molar-refractivity contribution in [2.45, 2.75) is 83.3 Å². The minimum Gasteiger partial charge on any atom is -0.375 e. The van der Waals surface area contributed by atoms with Gasteiger partial charge in [0, 0.05) is 28.7 Å². The number of nitrogens with one attached hydrogen (secondary N) is 2. The second-order valence-electron chi connectivity index (χ2n) is 15.0. The van der Waals surface area contributed by atoms with E-state index in [1.807, 2.05) is 0 Å². The van der Waals surface area contributed by atoms with E-state index in [9.17, 15) is 0 Å². The predicted octanol–water partition coefficient (Wildman–Crippen LogP) is 9.85. The topological polar surface area (TPSA) is 48.8 Å². The van der Waals surface area contributed by atoms with Gasteiger partial charge in [0.15, 0.2) is 5.84 Å². The van der Waals surface area contributed by atoms with Gasteiger partial charge < -0.3 is 10.6 Å². The first-order chi connectivity index (χ1) is 24.2. The van der Waals surface area contributed by atoms with E-state index in [2.05, 4.69) is 121 Å². The Balaban J connectivity index is 1.17. The third-order valence-corrected chi connectivity index (χ3v) is 11.9. The molecule has 0 saturated heterocycles. The molecule has 0 spiro atoms. The van der Waals surface area contributed by atoms with Crippen LogP contribution in [0.1, 0.15) is 87.8 Å². The predicted molar refractivity (Wildman–Crippen MR) is 205 cm³/mol. The Kier molecular flexibility index (Phi) is 8.19. The summed E-state index contributed by atoms with van der Waals surface area (Å²) >= 11 is 0. The Morgan fingerprint density at radius 2 is 1.78 bits per heavy atom. The van der Waals surface area contributed by atoms with Gasteiger partial charge in [-0.05, 0) is 116 Å². The Bertz CT molecular complexity index is 1910. The van der Waals surface area contributed by atoms with Crippen LogP contribution in [0.4, 0.5) is 0 Å². The molecule has 0 aromatic heterocycles. The molecule has 6 aliphatic carbocycles. The maximum absolute atomic E-state index is 5.37. The number of aliphatic imine (C=N–C) groups is 2. The van der Waals surface area contributed by atoms with Crippen molar-refractivity contribution in [2.75, 3.05) is 0 Å².